The van der Waals surface area contributed by atoms with Crippen molar-refractivity contribution in [2.75, 3.05) is 12.0 Å². The standard InChI is InChI=1S/C26H24N4OS/c1-18-11-13-19(14-12-18)29-16-6-10-23(29)25-24(22-9-3-4-15-27-22)28-26(32)30(25)20-7-5-8-21(17-20)31-2/h3-17,24-25H,1-2H3,(H,28,32)/t24-,25+/m0/s1. The fraction of sp³-hybridized carbons (Fsp3) is 0.154. The molecule has 1 N–H and O–H groups in total. The Morgan fingerprint density at radius 2 is 1.78 bits per heavy atom. The Morgan fingerprint density at radius 1 is 0.938 bits per heavy atom. The number of nitrogens with zero attached hydrogens (tertiary/aromatic N) is 3. The number of hydrogen-bond acceptors (Lipinski definition) is 3. The van der Waals surface area contributed by atoms with Crippen LogP contribution in [0.4, 0.5) is 5.69 Å². The van der Waals surface area contributed by atoms with E-state index in [-0.39, 0.29) is 12.1 Å². The van der Waals surface area contributed by atoms with Gasteiger partial charge in [0.25, 0.3) is 0 Å². The molecule has 0 spiro atoms. The molecule has 1 fully saturated rings. The lowest BCUT2D eigenvalue weighted by Gasteiger charge is -2.29. The first-order valence-electron chi connectivity index (χ1n) is 10.5. The zero-order valence-corrected chi connectivity index (χ0v) is 18.8. The van der Waals surface area contributed by atoms with Crippen molar-refractivity contribution in [3.63, 3.8) is 0 Å². The second-order valence-corrected chi connectivity index (χ2v) is 8.22. The fourth-order valence-corrected chi connectivity index (χ4v) is 4.62. The first-order valence-corrected chi connectivity index (χ1v) is 11.0. The highest BCUT2D eigenvalue weighted by Crippen LogP contribution is 2.42. The monoisotopic (exact) mass is 440 g/mol. The molecule has 2 aromatic heterocycles. The molecular formula is C26H24N4OS. The van der Waals surface area contributed by atoms with E-state index in [0.29, 0.717) is 5.11 Å². The van der Waals surface area contributed by atoms with E-state index in [1.807, 2.05) is 42.6 Å². The van der Waals surface area contributed by atoms with Gasteiger partial charge in [0.15, 0.2) is 5.11 Å². The van der Waals surface area contributed by atoms with Crippen LogP contribution in [0, 0.1) is 6.92 Å². The smallest absolute Gasteiger partial charge is 0.174 e. The first kappa shape index (κ1) is 20.3. The highest BCUT2D eigenvalue weighted by Gasteiger charge is 2.42. The second-order valence-electron chi connectivity index (χ2n) is 7.84. The molecule has 4 aromatic rings. The Hall–Kier alpha value is -3.64. The van der Waals surface area contributed by atoms with E-state index in [2.05, 4.69) is 75.4 Å². The third-order valence-corrected chi connectivity index (χ3v) is 6.14. The number of nitrogens with one attached hydrogen (secondary N) is 1. The van der Waals surface area contributed by atoms with Crippen molar-refractivity contribution in [1.29, 1.82) is 0 Å². The van der Waals surface area contributed by atoms with Gasteiger partial charge in [-0.15, -0.1) is 0 Å². The van der Waals surface area contributed by atoms with E-state index >= 15 is 0 Å². The summed E-state index contributed by atoms with van der Waals surface area (Å²) in [4.78, 5) is 6.81. The van der Waals surface area contributed by atoms with Crippen LogP contribution in [-0.2, 0) is 0 Å². The molecule has 0 saturated carbocycles. The maximum Gasteiger partial charge on any atom is 0.174 e. The van der Waals surface area contributed by atoms with E-state index in [1.54, 1.807) is 7.11 Å². The topological polar surface area (TPSA) is 42.3 Å². The molecule has 5 nitrogen and oxygen atoms in total. The highest BCUT2D eigenvalue weighted by molar-refractivity contribution is 7.80. The quantitative estimate of drug-likeness (QED) is 0.423. The number of rotatable bonds is 5. The molecule has 0 amide bonds. The predicted octanol–water partition coefficient (Wildman–Crippen LogP) is 5.37. The van der Waals surface area contributed by atoms with Gasteiger partial charge >= 0.3 is 0 Å². The molecule has 32 heavy (non-hydrogen) atoms. The van der Waals surface area contributed by atoms with E-state index in [9.17, 15) is 0 Å². The van der Waals surface area contributed by atoms with Crippen molar-refractivity contribution in [3.05, 3.63) is 108 Å². The van der Waals surface area contributed by atoms with Gasteiger partial charge in [-0.3, -0.25) is 4.98 Å². The number of aryl methyl sites for hydroxylation is 1. The number of thiocarbonyl (C=S) groups is 1. The van der Waals surface area contributed by atoms with Gasteiger partial charge in [0, 0.05) is 35.5 Å². The van der Waals surface area contributed by atoms with Crippen LogP contribution < -0.4 is 15.0 Å². The Kier molecular flexibility index (Phi) is 5.37. The molecule has 5 rings (SSSR count). The average Bonchev–Trinajstić information content (AvgIpc) is 3.44. The summed E-state index contributed by atoms with van der Waals surface area (Å²) in [6.45, 7) is 2.10. The minimum Gasteiger partial charge on any atom is -0.497 e. The molecule has 2 aromatic carbocycles. The van der Waals surface area contributed by atoms with Crippen LogP contribution in [0.3, 0.4) is 0 Å². The summed E-state index contributed by atoms with van der Waals surface area (Å²) in [6, 6.07) is 26.6. The number of ether oxygens (including phenoxy) is 1. The maximum absolute atomic E-state index is 5.84. The normalized spacial score (nSPS) is 17.9. The lowest BCUT2D eigenvalue weighted by Crippen LogP contribution is -2.30. The summed E-state index contributed by atoms with van der Waals surface area (Å²) in [5, 5.41) is 4.19. The summed E-state index contributed by atoms with van der Waals surface area (Å²) in [5.74, 6) is 0.791. The minimum atomic E-state index is -0.103. The van der Waals surface area contributed by atoms with Gasteiger partial charge in [-0.2, -0.15) is 0 Å². The lowest BCUT2D eigenvalue weighted by atomic mass is 10.0. The molecule has 1 aliphatic rings. The third kappa shape index (κ3) is 3.63. The van der Waals surface area contributed by atoms with Crippen molar-refractivity contribution in [3.8, 4) is 11.4 Å². The number of benzene rings is 2. The van der Waals surface area contributed by atoms with E-state index in [1.165, 1.54) is 5.56 Å². The Balaban J connectivity index is 1.66. The summed E-state index contributed by atoms with van der Waals surface area (Å²) in [7, 11) is 1.68. The van der Waals surface area contributed by atoms with Crippen molar-refractivity contribution in [2.24, 2.45) is 0 Å². The molecule has 0 radical (unpaired) electrons. The molecule has 1 saturated heterocycles. The third-order valence-electron chi connectivity index (χ3n) is 5.83. The summed E-state index contributed by atoms with van der Waals surface area (Å²) >= 11 is 5.84. The molecule has 3 heterocycles. The molecule has 2 atom stereocenters. The van der Waals surface area contributed by atoms with Crippen molar-refractivity contribution < 1.29 is 4.74 Å². The van der Waals surface area contributed by atoms with Gasteiger partial charge in [0.2, 0.25) is 0 Å². The number of pyridine rings is 1. The fourth-order valence-electron chi connectivity index (χ4n) is 4.27. The molecule has 160 valence electrons. The van der Waals surface area contributed by atoms with Crippen LogP contribution in [0.25, 0.3) is 5.69 Å². The molecule has 0 aliphatic carbocycles. The predicted molar refractivity (Wildman–Crippen MR) is 131 cm³/mol. The van der Waals surface area contributed by atoms with Gasteiger partial charge in [-0.05, 0) is 67.7 Å². The largest absolute Gasteiger partial charge is 0.497 e. The average molecular weight is 441 g/mol. The van der Waals surface area contributed by atoms with Gasteiger partial charge in [0.1, 0.15) is 11.8 Å². The molecule has 0 bridgehead atoms. The first-order chi connectivity index (χ1) is 15.7. The van der Waals surface area contributed by atoms with E-state index in [4.69, 9.17) is 17.0 Å². The number of hydrogen-bond donors (Lipinski definition) is 1. The van der Waals surface area contributed by atoms with Crippen molar-refractivity contribution >= 4 is 23.0 Å². The van der Waals surface area contributed by atoms with Crippen LogP contribution >= 0.6 is 12.2 Å². The molecule has 1 aliphatic heterocycles. The molecular weight excluding hydrogens is 416 g/mol. The SMILES string of the molecule is COc1cccc(N2C(=S)N[C@@H](c3ccccn3)[C@H]2c2cccn2-c2ccc(C)cc2)c1. The van der Waals surface area contributed by atoms with Gasteiger partial charge in [0.05, 0.1) is 18.8 Å². The van der Waals surface area contributed by atoms with Crippen LogP contribution in [0.1, 0.15) is 29.0 Å². The van der Waals surface area contributed by atoms with E-state index < -0.39 is 0 Å². The van der Waals surface area contributed by atoms with Crippen molar-refractivity contribution in [1.82, 2.24) is 14.9 Å². The van der Waals surface area contributed by atoms with E-state index in [0.717, 1.165) is 28.5 Å². The van der Waals surface area contributed by atoms with Crippen LogP contribution in [0.15, 0.2) is 91.3 Å². The molecule has 0 unspecified atom stereocenters. The Bertz CT molecular complexity index is 1240. The number of methoxy groups -OCH3 is 1. The van der Waals surface area contributed by atoms with Crippen molar-refractivity contribution in [2.45, 2.75) is 19.0 Å². The zero-order chi connectivity index (χ0) is 22.1. The maximum atomic E-state index is 5.84. The van der Waals surface area contributed by atoms with Gasteiger partial charge in [-0.1, -0.05) is 29.8 Å². The second kappa shape index (κ2) is 8.48. The lowest BCUT2D eigenvalue weighted by molar-refractivity contribution is 0.414. The number of anilines is 1. The van der Waals surface area contributed by atoms with Crippen LogP contribution in [0.2, 0.25) is 0 Å². The Morgan fingerprint density at radius 3 is 2.53 bits per heavy atom. The minimum absolute atomic E-state index is 0.0965. The van der Waals surface area contributed by atoms with Crippen LogP contribution in [0.5, 0.6) is 5.75 Å². The Labute approximate surface area is 193 Å². The van der Waals surface area contributed by atoms with Gasteiger partial charge in [-0.25, -0.2) is 0 Å². The molecule has 6 heteroatoms. The number of aromatic nitrogens is 2. The zero-order valence-electron chi connectivity index (χ0n) is 18.0. The highest BCUT2D eigenvalue weighted by atomic mass is 32.1. The van der Waals surface area contributed by atoms with Gasteiger partial charge < -0.3 is 19.5 Å². The summed E-state index contributed by atoms with van der Waals surface area (Å²) in [6.07, 6.45) is 3.92. The van der Waals surface area contributed by atoms with Crippen LogP contribution in [-0.4, -0.2) is 21.8 Å². The summed E-state index contributed by atoms with van der Waals surface area (Å²) in [5.41, 5.74) is 5.39. The summed E-state index contributed by atoms with van der Waals surface area (Å²) < 4.78 is 7.71.